The number of nitrogens with one attached hydrogen (secondary N) is 1. The van der Waals surface area contributed by atoms with Crippen molar-refractivity contribution in [2.75, 3.05) is 31.3 Å². The Morgan fingerprint density at radius 1 is 1.03 bits per heavy atom. The van der Waals surface area contributed by atoms with Gasteiger partial charge in [-0.2, -0.15) is 0 Å². The number of hydrogen-bond donors (Lipinski definition) is 1. The second-order valence-corrected chi connectivity index (χ2v) is 10.8. The van der Waals surface area contributed by atoms with Gasteiger partial charge in [-0.3, -0.25) is 13.9 Å². The molecule has 0 spiro atoms. The molecule has 0 saturated carbocycles. The zero-order chi connectivity index (χ0) is 27.0. The highest BCUT2D eigenvalue weighted by molar-refractivity contribution is 7.92. The molecule has 1 atom stereocenters. The number of nitrogens with zero attached hydrogens (tertiary/aromatic N) is 2. The lowest BCUT2D eigenvalue weighted by Crippen LogP contribution is -2.53. The standard InChI is InChI=1S/C26H37N3O6S/c1-8-22(26(31)27-18(2)3)28(16-20-11-9-19(4)10-12-20)25(30)17-29(36(7,32)33)23-15-21(34-5)13-14-24(23)35-6/h9-15,18,22H,8,16-17H2,1-7H3,(H,27,31)/t22-/m0/s1. The maximum Gasteiger partial charge on any atom is 0.244 e. The number of ether oxygens (including phenoxy) is 2. The molecule has 1 N–H and O–H groups in total. The lowest BCUT2D eigenvalue weighted by molar-refractivity contribution is -0.140. The first kappa shape index (κ1) is 29.0. The third-order valence-electron chi connectivity index (χ3n) is 5.62. The van der Waals surface area contributed by atoms with Crippen LogP contribution in [0.4, 0.5) is 5.69 Å². The Hall–Kier alpha value is -3.27. The van der Waals surface area contributed by atoms with Crippen LogP contribution in [0, 0.1) is 6.92 Å². The van der Waals surface area contributed by atoms with E-state index >= 15 is 0 Å². The maximum absolute atomic E-state index is 13.8. The summed E-state index contributed by atoms with van der Waals surface area (Å²) >= 11 is 0. The number of amides is 2. The Labute approximate surface area is 214 Å². The summed E-state index contributed by atoms with van der Waals surface area (Å²) in [6, 6.07) is 11.5. The molecule has 2 aromatic rings. The second-order valence-electron chi connectivity index (χ2n) is 8.90. The zero-order valence-electron chi connectivity index (χ0n) is 22.1. The van der Waals surface area contributed by atoms with Crippen molar-refractivity contribution in [1.29, 1.82) is 0 Å². The second kappa shape index (κ2) is 12.6. The predicted octanol–water partition coefficient (Wildman–Crippen LogP) is 3.11. The maximum atomic E-state index is 13.8. The fourth-order valence-electron chi connectivity index (χ4n) is 3.78. The molecule has 2 rings (SSSR count). The number of aryl methyl sites for hydroxylation is 1. The average molecular weight is 520 g/mol. The fourth-order valence-corrected chi connectivity index (χ4v) is 4.62. The SMILES string of the molecule is CC[C@@H](C(=O)NC(C)C)N(Cc1ccc(C)cc1)C(=O)CN(c1cc(OC)ccc1OC)S(C)(=O)=O. The van der Waals surface area contributed by atoms with Crippen LogP contribution in [-0.2, 0) is 26.2 Å². The van der Waals surface area contributed by atoms with Crippen LogP contribution in [0.15, 0.2) is 42.5 Å². The van der Waals surface area contributed by atoms with Crippen molar-refractivity contribution in [3.05, 3.63) is 53.6 Å². The number of rotatable bonds is 12. The summed E-state index contributed by atoms with van der Waals surface area (Å²) in [4.78, 5) is 28.2. The van der Waals surface area contributed by atoms with E-state index in [4.69, 9.17) is 9.47 Å². The van der Waals surface area contributed by atoms with Crippen molar-refractivity contribution < 1.29 is 27.5 Å². The molecule has 36 heavy (non-hydrogen) atoms. The molecular weight excluding hydrogens is 482 g/mol. The first-order chi connectivity index (χ1) is 16.9. The minimum absolute atomic E-state index is 0.114. The van der Waals surface area contributed by atoms with Gasteiger partial charge in [0.25, 0.3) is 0 Å². The highest BCUT2D eigenvalue weighted by Gasteiger charge is 2.33. The first-order valence-corrected chi connectivity index (χ1v) is 13.6. The molecule has 0 aromatic heterocycles. The van der Waals surface area contributed by atoms with Crippen LogP contribution < -0.4 is 19.1 Å². The van der Waals surface area contributed by atoms with Crippen LogP contribution in [-0.4, -0.2) is 64.2 Å². The first-order valence-electron chi connectivity index (χ1n) is 11.8. The summed E-state index contributed by atoms with van der Waals surface area (Å²) < 4.78 is 37.3. The monoisotopic (exact) mass is 519 g/mol. The summed E-state index contributed by atoms with van der Waals surface area (Å²) in [7, 11) is -1.02. The van der Waals surface area contributed by atoms with Gasteiger partial charge in [0.1, 0.15) is 24.1 Å². The number of hydrogen-bond acceptors (Lipinski definition) is 6. The molecule has 0 bridgehead atoms. The van der Waals surface area contributed by atoms with E-state index in [1.54, 1.807) is 12.1 Å². The van der Waals surface area contributed by atoms with Crippen molar-refractivity contribution in [2.24, 2.45) is 0 Å². The summed E-state index contributed by atoms with van der Waals surface area (Å²) in [5, 5.41) is 2.87. The molecule has 0 radical (unpaired) electrons. The molecule has 0 aliphatic heterocycles. The molecule has 2 amide bonds. The van der Waals surface area contributed by atoms with Crippen LogP contribution in [0.3, 0.4) is 0 Å². The lowest BCUT2D eigenvalue weighted by Gasteiger charge is -2.33. The van der Waals surface area contributed by atoms with E-state index in [0.29, 0.717) is 12.2 Å². The molecule has 0 unspecified atom stereocenters. The molecular formula is C26H37N3O6S. The largest absolute Gasteiger partial charge is 0.497 e. The number of sulfonamides is 1. The average Bonchev–Trinajstić information content (AvgIpc) is 2.81. The summed E-state index contributed by atoms with van der Waals surface area (Å²) in [6.45, 7) is 7.10. The van der Waals surface area contributed by atoms with Gasteiger partial charge < -0.3 is 19.7 Å². The topological polar surface area (TPSA) is 105 Å². The summed E-state index contributed by atoms with van der Waals surface area (Å²) in [6.07, 6.45) is 1.38. The fraction of sp³-hybridized carbons (Fsp3) is 0.462. The smallest absolute Gasteiger partial charge is 0.244 e. The van der Waals surface area contributed by atoms with Gasteiger partial charge >= 0.3 is 0 Å². The van der Waals surface area contributed by atoms with Gasteiger partial charge in [-0.05, 0) is 44.9 Å². The van der Waals surface area contributed by atoms with Crippen LogP contribution in [0.1, 0.15) is 38.3 Å². The van der Waals surface area contributed by atoms with Crippen molar-refractivity contribution in [3.8, 4) is 11.5 Å². The lowest BCUT2D eigenvalue weighted by atomic mass is 10.1. The zero-order valence-corrected chi connectivity index (χ0v) is 22.9. The molecule has 198 valence electrons. The Balaban J connectivity index is 2.52. The molecule has 0 aliphatic rings. The number of anilines is 1. The quantitative estimate of drug-likeness (QED) is 0.462. The van der Waals surface area contributed by atoms with E-state index in [0.717, 1.165) is 21.7 Å². The molecule has 0 saturated heterocycles. The van der Waals surface area contributed by atoms with Gasteiger partial charge in [0, 0.05) is 18.7 Å². The summed E-state index contributed by atoms with van der Waals surface area (Å²) in [5.74, 6) is -0.135. The predicted molar refractivity (Wildman–Crippen MR) is 141 cm³/mol. The highest BCUT2D eigenvalue weighted by atomic mass is 32.2. The van der Waals surface area contributed by atoms with Gasteiger partial charge in [-0.15, -0.1) is 0 Å². The minimum atomic E-state index is -3.90. The summed E-state index contributed by atoms with van der Waals surface area (Å²) in [5.41, 5.74) is 2.06. The Morgan fingerprint density at radius 3 is 2.17 bits per heavy atom. The van der Waals surface area contributed by atoms with E-state index in [1.165, 1.54) is 25.2 Å². The molecule has 2 aromatic carbocycles. The molecule has 9 nitrogen and oxygen atoms in total. The van der Waals surface area contributed by atoms with Gasteiger partial charge in [0.05, 0.1) is 26.2 Å². The van der Waals surface area contributed by atoms with Crippen molar-refractivity contribution in [3.63, 3.8) is 0 Å². The van der Waals surface area contributed by atoms with Gasteiger partial charge in [-0.25, -0.2) is 8.42 Å². The number of methoxy groups -OCH3 is 2. The van der Waals surface area contributed by atoms with Crippen molar-refractivity contribution >= 4 is 27.5 Å². The normalized spacial score (nSPS) is 12.1. The van der Waals surface area contributed by atoms with E-state index in [-0.39, 0.29) is 29.9 Å². The van der Waals surface area contributed by atoms with Crippen LogP contribution in [0.5, 0.6) is 11.5 Å². The third-order valence-corrected chi connectivity index (χ3v) is 6.75. The van der Waals surface area contributed by atoms with E-state index in [1.807, 2.05) is 52.0 Å². The number of carbonyl (C=O) groups excluding carboxylic acids is 2. The van der Waals surface area contributed by atoms with Crippen molar-refractivity contribution in [1.82, 2.24) is 10.2 Å². The molecule has 0 fully saturated rings. The number of benzene rings is 2. The molecule has 10 heteroatoms. The highest BCUT2D eigenvalue weighted by Crippen LogP contribution is 2.34. The van der Waals surface area contributed by atoms with E-state index in [2.05, 4.69) is 5.32 Å². The van der Waals surface area contributed by atoms with Crippen LogP contribution in [0.2, 0.25) is 0 Å². The Kier molecular flexibility index (Phi) is 10.2. The van der Waals surface area contributed by atoms with Gasteiger partial charge in [0.15, 0.2) is 0 Å². The van der Waals surface area contributed by atoms with E-state index in [9.17, 15) is 18.0 Å². The van der Waals surface area contributed by atoms with Gasteiger partial charge in [0.2, 0.25) is 21.8 Å². The molecule has 0 heterocycles. The minimum Gasteiger partial charge on any atom is -0.497 e. The van der Waals surface area contributed by atoms with Crippen molar-refractivity contribution in [2.45, 2.75) is 52.7 Å². The Morgan fingerprint density at radius 2 is 1.67 bits per heavy atom. The van der Waals surface area contributed by atoms with Crippen LogP contribution >= 0.6 is 0 Å². The van der Waals surface area contributed by atoms with Crippen LogP contribution in [0.25, 0.3) is 0 Å². The molecule has 0 aliphatic carbocycles. The van der Waals surface area contributed by atoms with Gasteiger partial charge in [-0.1, -0.05) is 36.8 Å². The van der Waals surface area contributed by atoms with E-state index < -0.39 is 28.5 Å². The third kappa shape index (κ3) is 7.61. The number of carbonyl (C=O) groups is 2. The Bertz CT molecular complexity index is 1150.